The van der Waals surface area contributed by atoms with Crippen molar-refractivity contribution in [2.24, 2.45) is 0 Å². The normalized spacial score (nSPS) is 19.8. The molecule has 0 saturated carbocycles. The lowest BCUT2D eigenvalue weighted by Crippen LogP contribution is -2.31. The van der Waals surface area contributed by atoms with Crippen molar-refractivity contribution in [3.63, 3.8) is 0 Å². The Morgan fingerprint density at radius 1 is 1.07 bits per heavy atom. The molecular formula is C23H19ClN2OS. The van der Waals surface area contributed by atoms with Crippen LogP contribution >= 0.6 is 22.9 Å². The summed E-state index contributed by atoms with van der Waals surface area (Å²) in [4.78, 5) is 17.9. The second kappa shape index (κ2) is 6.87. The van der Waals surface area contributed by atoms with E-state index in [1.54, 1.807) is 11.3 Å². The molecular weight excluding hydrogens is 388 g/mol. The van der Waals surface area contributed by atoms with Crippen LogP contribution in [0.1, 0.15) is 42.7 Å². The second-order valence-corrected chi connectivity index (χ2v) is 8.77. The lowest BCUT2D eigenvalue weighted by atomic mass is 9.75. The van der Waals surface area contributed by atoms with E-state index in [4.69, 9.17) is 16.6 Å². The fourth-order valence-corrected chi connectivity index (χ4v) is 5.47. The van der Waals surface area contributed by atoms with Crippen LogP contribution in [0.2, 0.25) is 5.02 Å². The standard InChI is InChI=1S/C23H19ClN2OS/c1-13-20(23-26-16-5-2-3-8-19(16)28-23)21(14-9-11-15(24)12-10-14)22-17(25-13)6-4-7-18(22)27/h2-3,5,8-12,21,25H,4,6-7H2,1H3. The smallest absolute Gasteiger partial charge is 0.161 e. The number of allylic oxidation sites excluding steroid dienone is 4. The van der Waals surface area contributed by atoms with Crippen LogP contribution in [0.5, 0.6) is 0 Å². The molecule has 5 rings (SSSR count). The fraction of sp³-hybridized carbons (Fsp3) is 0.217. The number of nitrogens with zero attached hydrogens (tertiary/aromatic N) is 1. The highest BCUT2D eigenvalue weighted by molar-refractivity contribution is 7.19. The number of halogens is 1. The number of fused-ring (bicyclic) bond motifs is 1. The quantitative estimate of drug-likeness (QED) is 0.561. The first kappa shape index (κ1) is 17.7. The number of thiazole rings is 1. The molecule has 0 spiro atoms. The van der Waals surface area contributed by atoms with Crippen LogP contribution in [0.3, 0.4) is 0 Å². The third-order valence-corrected chi connectivity index (χ3v) is 6.83. The summed E-state index contributed by atoms with van der Waals surface area (Å²) in [6, 6.07) is 16.0. The average molecular weight is 407 g/mol. The van der Waals surface area contributed by atoms with Gasteiger partial charge in [-0.15, -0.1) is 11.3 Å². The number of ketones is 1. The highest BCUT2D eigenvalue weighted by Gasteiger charge is 2.37. The molecule has 28 heavy (non-hydrogen) atoms. The minimum Gasteiger partial charge on any atom is -0.362 e. The van der Waals surface area contributed by atoms with Crippen LogP contribution in [-0.2, 0) is 4.79 Å². The maximum absolute atomic E-state index is 13.0. The molecule has 1 N–H and O–H groups in total. The summed E-state index contributed by atoms with van der Waals surface area (Å²) in [5.41, 5.74) is 6.21. The summed E-state index contributed by atoms with van der Waals surface area (Å²) in [7, 11) is 0. The van der Waals surface area contributed by atoms with Gasteiger partial charge in [0.1, 0.15) is 5.01 Å². The van der Waals surface area contributed by atoms with Crippen molar-refractivity contribution >= 4 is 44.5 Å². The Balaban J connectivity index is 1.73. The molecule has 2 heterocycles. The van der Waals surface area contributed by atoms with Gasteiger partial charge in [0.05, 0.1) is 10.2 Å². The number of benzene rings is 2. The molecule has 1 unspecified atom stereocenters. The van der Waals surface area contributed by atoms with Gasteiger partial charge in [-0.1, -0.05) is 35.9 Å². The summed E-state index contributed by atoms with van der Waals surface area (Å²) < 4.78 is 1.16. The van der Waals surface area contributed by atoms with Gasteiger partial charge in [-0.05, 0) is 49.6 Å². The SMILES string of the molecule is CC1=C(c2nc3ccccc3s2)C(c2ccc(Cl)cc2)C2=C(CCCC2=O)N1. The zero-order valence-electron chi connectivity index (χ0n) is 15.5. The Labute approximate surface area is 172 Å². The number of carbonyl (C=O) groups is 1. The monoisotopic (exact) mass is 406 g/mol. The van der Waals surface area contributed by atoms with Gasteiger partial charge in [0.15, 0.2) is 5.78 Å². The molecule has 5 heteroatoms. The van der Waals surface area contributed by atoms with Crippen LogP contribution in [0, 0.1) is 0 Å². The Bertz CT molecular complexity index is 1120. The van der Waals surface area contributed by atoms with Gasteiger partial charge in [-0.25, -0.2) is 4.98 Å². The molecule has 0 amide bonds. The number of rotatable bonds is 2. The van der Waals surface area contributed by atoms with Crippen LogP contribution in [0.15, 0.2) is 65.5 Å². The van der Waals surface area contributed by atoms with Crippen LogP contribution in [-0.4, -0.2) is 10.8 Å². The third-order valence-electron chi connectivity index (χ3n) is 5.50. The van der Waals surface area contributed by atoms with Crippen molar-refractivity contribution in [2.45, 2.75) is 32.1 Å². The minimum atomic E-state index is -0.109. The predicted octanol–water partition coefficient (Wildman–Crippen LogP) is 6.07. The van der Waals surface area contributed by atoms with Gasteiger partial charge in [-0.2, -0.15) is 0 Å². The van der Waals surface area contributed by atoms with Crippen LogP contribution in [0.4, 0.5) is 0 Å². The van der Waals surface area contributed by atoms with Gasteiger partial charge in [0.2, 0.25) is 0 Å². The van der Waals surface area contributed by atoms with E-state index in [-0.39, 0.29) is 11.7 Å². The van der Waals surface area contributed by atoms with Crippen molar-refractivity contribution in [1.82, 2.24) is 10.3 Å². The van der Waals surface area contributed by atoms with E-state index in [0.717, 1.165) is 56.2 Å². The number of aromatic nitrogens is 1. The van der Waals surface area contributed by atoms with E-state index in [2.05, 4.69) is 18.3 Å². The summed E-state index contributed by atoms with van der Waals surface area (Å²) >= 11 is 7.82. The van der Waals surface area contributed by atoms with E-state index >= 15 is 0 Å². The topological polar surface area (TPSA) is 42.0 Å². The fourth-order valence-electron chi connectivity index (χ4n) is 4.24. The molecule has 0 saturated heterocycles. The number of Topliss-reactive ketones (excluding diaryl/α,β-unsaturated/α-hetero) is 1. The Morgan fingerprint density at radius 3 is 2.64 bits per heavy atom. The Morgan fingerprint density at radius 2 is 1.86 bits per heavy atom. The first-order valence-electron chi connectivity index (χ1n) is 9.47. The Hall–Kier alpha value is -2.43. The molecule has 1 atom stereocenters. The van der Waals surface area contributed by atoms with E-state index < -0.39 is 0 Å². The average Bonchev–Trinajstić information content (AvgIpc) is 3.11. The predicted molar refractivity (Wildman–Crippen MR) is 115 cm³/mol. The summed E-state index contributed by atoms with van der Waals surface area (Å²) in [5.74, 6) is 0.127. The van der Waals surface area contributed by atoms with Crippen LogP contribution in [0.25, 0.3) is 15.8 Å². The zero-order chi connectivity index (χ0) is 19.3. The second-order valence-electron chi connectivity index (χ2n) is 7.30. The summed E-state index contributed by atoms with van der Waals surface area (Å²) in [6.07, 6.45) is 2.42. The highest BCUT2D eigenvalue weighted by atomic mass is 35.5. The first-order valence-corrected chi connectivity index (χ1v) is 10.7. The molecule has 2 aromatic carbocycles. The van der Waals surface area contributed by atoms with Gasteiger partial charge in [0.25, 0.3) is 0 Å². The van der Waals surface area contributed by atoms with Crippen molar-refractivity contribution in [2.75, 3.05) is 0 Å². The van der Waals surface area contributed by atoms with Gasteiger partial charge in [0, 0.05) is 39.9 Å². The van der Waals surface area contributed by atoms with Gasteiger partial charge in [-0.3, -0.25) is 4.79 Å². The van der Waals surface area contributed by atoms with E-state index in [9.17, 15) is 4.79 Å². The van der Waals surface area contributed by atoms with E-state index in [1.807, 2.05) is 42.5 Å². The van der Waals surface area contributed by atoms with Crippen molar-refractivity contribution in [3.8, 4) is 0 Å². The number of dihydropyridines is 1. The molecule has 1 aliphatic heterocycles. The summed E-state index contributed by atoms with van der Waals surface area (Å²) in [6.45, 7) is 2.09. The van der Waals surface area contributed by atoms with Gasteiger partial charge < -0.3 is 5.32 Å². The summed E-state index contributed by atoms with van der Waals surface area (Å²) in [5, 5.41) is 5.20. The molecule has 1 aromatic heterocycles. The maximum atomic E-state index is 13.0. The molecule has 1 aliphatic carbocycles. The number of para-hydroxylation sites is 1. The molecule has 0 fully saturated rings. The highest BCUT2D eigenvalue weighted by Crippen LogP contribution is 2.47. The van der Waals surface area contributed by atoms with E-state index in [0.29, 0.717) is 11.4 Å². The minimum absolute atomic E-state index is 0.109. The number of nitrogens with one attached hydrogen (secondary N) is 1. The van der Waals surface area contributed by atoms with Crippen LogP contribution < -0.4 is 5.32 Å². The third kappa shape index (κ3) is 2.88. The molecule has 0 bridgehead atoms. The first-order chi connectivity index (χ1) is 13.6. The van der Waals surface area contributed by atoms with Crippen molar-refractivity contribution in [1.29, 1.82) is 0 Å². The van der Waals surface area contributed by atoms with Gasteiger partial charge >= 0.3 is 0 Å². The largest absolute Gasteiger partial charge is 0.362 e. The number of hydrogen-bond donors (Lipinski definition) is 1. The lowest BCUT2D eigenvalue weighted by Gasteiger charge is -2.34. The van der Waals surface area contributed by atoms with Crippen molar-refractivity contribution in [3.05, 3.63) is 81.1 Å². The molecule has 140 valence electrons. The molecule has 2 aliphatic rings. The number of hydrogen-bond acceptors (Lipinski definition) is 4. The molecule has 3 nitrogen and oxygen atoms in total. The molecule has 0 radical (unpaired) electrons. The van der Waals surface area contributed by atoms with Crippen molar-refractivity contribution < 1.29 is 4.79 Å². The lowest BCUT2D eigenvalue weighted by molar-refractivity contribution is -0.116. The maximum Gasteiger partial charge on any atom is 0.161 e. The zero-order valence-corrected chi connectivity index (χ0v) is 17.0. The Kier molecular flexibility index (Phi) is 4.33. The number of carbonyl (C=O) groups excluding carboxylic acids is 1. The molecule has 3 aromatic rings. The van der Waals surface area contributed by atoms with E-state index in [1.165, 1.54) is 0 Å².